The zero-order valence-corrected chi connectivity index (χ0v) is 17.3. The molecule has 1 aromatic carbocycles. The highest BCUT2D eigenvalue weighted by Gasteiger charge is 2.34. The van der Waals surface area contributed by atoms with E-state index in [1.54, 1.807) is 13.2 Å². The van der Waals surface area contributed by atoms with Crippen molar-refractivity contribution in [3.63, 3.8) is 0 Å². The molecule has 0 aromatic heterocycles. The van der Waals surface area contributed by atoms with Gasteiger partial charge in [0.15, 0.2) is 0 Å². The van der Waals surface area contributed by atoms with Crippen molar-refractivity contribution in [1.82, 2.24) is 0 Å². The highest BCUT2D eigenvalue weighted by molar-refractivity contribution is 6.17. The van der Waals surface area contributed by atoms with Crippen LogP contribution < -0.4 is 0 Å². The van der Waals surface area contributed by atoms with E-state index in [2.05, 4.69) is 52.3 Å². The first-order chi connectivity index (χ1) is 13.3. The highest BCUT2D eigenvalue weighted by Crippen LogP contribution is 2.40. The van der Waals surface area contributed by atoms with Gasteiger partial charge in [-0.25, -0.2) is 0 Å². The van der Waals surface area contributed by atoms with Gasteiger partial charge in [0.25, 0.3) is 0 Å². The van der Waals surface area contributed by atoms with Crippen LogP contribution >= 0.6 is 0 Å². The Morgan fingerprint density at radius 2 is 1.96 bits per heavy atom. The number of aliphatic hydroxyl groups is 1. The third-order valence-corrected chi connectivity index (χ3v) is 5.10. The fourth-order valence-corrected chi connectivity index (χ4v) is 3.89. The molecule has 3 heteroatoms. The molecule has 0 saturated carbocycles. The Balaban J connectivity index is 2.68. The first kappa shape index (κ1) is 21.8. The van der Waals surface area contributed by atoms with Gasteiger partial charge < -0.3 is 9.84 Å². The third kappa shape index (κ3) is 4.49. The van der Waals surface area contributed by atoms with Gasteiger partial charge in [0.2, 0.25) is 0 Å². The number of aliphatic hydroxyl groups excluding tert-OH is 1. The van der Waals surface area contributed by atoms with Crippen LogP contribution in [-0.4, -0.2) is 37.2 Å². The van der Waals surface area contributed by atoms with Gasteiger partial charge in [-0.2, -0.15) is 0 Å². The van der Waals surface area contributed by atoms with Gasteiger partial charge in [0.1, 0.15) is 0 Å². The standard InChI is InChI=1S/C25H31NO2/c1-8-9-10-17(3)20(6)25-22-14-16(2)13-18(4)23(22)21(11-12-27)24(26-25)19(5)15-28-7/h8-10,13-14,21,24,27H,1,3,5-6,11-12,15H2,2,4,7H3/b10-9-. The number of aliphatic imine (C=N–C) groups is 1. The van der Waals surface area contributed by atoms with Gasteiger partial charge in [-0.15, -0.1) is 0 Å². The number of hydrogen-bond acceptors (Lipinski definition) is 3. The zero-order valence-electron chi connectivity index (χ0n) is 17.3. The zero-order chi connectivity index (χ0) is 20.8. The number of fused-ring (bicyclic) bond motifs is 1. The van der Waals surface area contributed by atoms with Crippen LogP contribution in [0.2, 0.25) is 0 Å². The van der Waals surface area contributed by atoms with Crippen molar-refractivity contribution in [2.75, 3.05) is 20.3 Å². The maximum atomic E-state index is 9.72. The normalized spacial score (nSPS) is 18.5. The van der Waals surface area contributed by atoms with Crippen LogP contribution in [-0.2, 0) is 4.74 Å². The molecule has 3 nitrogen and oxygen atoms in total. The lowest BCUT2D eigenvalue weighted by atomic mass is 9.75. The van der Waals surface area contributed by atoms with Crippen molar-refractivity contribution >= 4 is 5.71 Å². The minimum Gasteiger partial charge on any atom is -0.396 e. The molecule has 0 radical (unpaired) electrons. The van der Waals surface area contributed by atoms with Gasteiger partial charge >= 0.3 is 0 Å². The summed E-state index contributed by atoms with van der Waals surface area (Å²) in [6.45, 7) is 21.1. The van der Waals surface area contributed by atoms with Gasteiger partial charge in [-0.05, 0) is 54.2 Å². The quantitative estimate of drug-likeness (QED) is 0.486. The summed E-state index contributed by atoms with van der Waals surface area (Å²) in [5, 5.41) is 9.72. The molecule has 1 aliphatic rings. The molecule has 0 bridgehead atoms. The SMILES string of the molecule is C=C/C=C\C(=C)C(=C)C1=NC(C(=C)COC)C(CCO)c2c(C)cc(C)cc21. The van der Waals surface area contributed by atoms with Gasteiger partial charge in [0.05, 0.1) is 18.4 Å². The third-order valence-electron chi connectivity index (χ3n) is 5.10. The van der Waals surface area contributed by atoms with Crippen LogP contribution in [0.5, 0.6) is 0 Å². The summed E-state index contributed by atoms with van der Waals surface area (Å²) in [5.74, 6) is 0.0526. The molecular formula is C25H31NO2. The lowest BCUT2D eigenvalue weighted by molar-refractivity contribution is 0.215. The minimum atomic E-state index is -0.177. The summed E-state index contributed by atoms with van der Waals surface area (Å²) >= 11 is 0. The molecule has 1 heterocycles. The maximum Gasteiger partial charge on any atom is 0.0805 e. The fraction of sp³-hybridized carbons (Fsp3) is 0.320. The summed E-state index contributed by atoms with van der Waals surface area (Å²) in [6.07, 6.45) is 6.06. The lowest BCUT2D eigenvalue weighted by Gasteiger charge is -2.35. The van der Waals surface area contributed by atoms with Crippen molar-refractivity contribution in [3.8, 4) is 0 Å². The molecule has 2 atom stereocenters. The van der Waals surface area contributed by atoms with Gasteiger partial charge in [-0.1, -0.05) is 56.2 Å². The molecule has 0 amide bonds. The van der Waals surface area contributed by atoms with E-state index >= 15 is 0 Å². The molecule has 0 spiro atoms. The Hall–Kier alpha value is -2.49. The van der Waals surface area contributed by atoms with Crippen molar-refractivity contribution in [2.24, 2.45) is 4.99 Å². The van der Waals surface area contributed by atoms with Crippen molar-refractivity contribution in [2.45, 2.75) is 32.2 Å². The van der Waals surface area contributed by atoms with Gasteiger partial charge in [-0.3, -0.25) is 4.99 Å². The number of benzene rings is 1. The van der Waals surface area contributed by atoms with E-state index in [-0.39, 0.29) is 18.6 Å². The number of rotatable bonds is 9. The van der Waals surface area contributed by atoms with Crippen LogP contribution in [0.4, 0.5) is 0 Å². The van der Waals surface area contributed by atoms with E-state index in [9.17, 15) is 5.11 Å². The molecule has 2 unspecified atom stereocenters. The summed E-state index contributed by atoms with van der Waals surface area (Å²) < 4.78 is 5.32. The second kappa shape index (κ2) is 9.63. The second-order valence-corrected chi connectivity index (χ2v) is 7.27. The average Bonchev–Trinajstić information content (AvgIpc) is 2.65. The first-order valence-corrected chi connectivity index (χ1v) is 9.50. The topological polar surface area (TPSA) is 41.8 Å². The van der Waals surface area contributed by atoms with Crippen LogP contribution in [0.1, 0.15) is 34.6 Å². The molecule has 0 fully saturated rings. The Bertz CT molecular complexity index is 858. The Morgan fingerprint density at radius 1 is 1.25 bits per heavy atom. The Morgan fingerprint density at radius 3 is 2.57 bits per heavy atom. The van der Waals surface area contributed by atoms with E-state index in [0.29, 0.717) is 13.0 Å². The molecule has 28 heavy (non-hydrogen) atoms. The van der Waals surface area contributed by atoms with E-state index in [1.807, 2.05) is 12.2 Å². The number of allylic oxidation sites excluding steroid dienone is 5. The Kier molecular flexibility index (Phi) is 7.50. The molecule has 1 aromatic rings. The predicted octanol–water partition coefficient (Wildman–Crippen LogP) is 5.00. The van der Waals surface area contributed by atoms with Crippen LogP contribution in [0.3, 0.4) is 0 Å². The van der Waals surface area contributed by atoms with E-state index in [4.69, 9.17) is 9.73 Å². The minimum absolute atomic E-state index is 0.0526. The van der Waals surface area contributed by atoms with Crippen molar-refractivity contribution < 1.29 is 9.84 Å². The number of hydrogen-bond donors (Lipinski definition) is 1. The van der Waals surface area contributed by atoms with E-state index in [0.717, 1.165) is 28.0 Å². The van der Waals surface area contributed by atoms with Gasteiger partial charge in [0, 0.05) is 25.2 Å². The van der Waals surface area contributed by atoms with Crippen LogP contribution in [0, 0.1) is 13.8 Å². The molecule has 2 rings (SSSR count). The van der Waals surface area contributed by atoms with Crippen LogP contribution in [0.25, 0.3) is 0 Å². The number of aryl methyl sites for hydroxylation is 2. The maximum absolute atomic E-state index is 9.72. The summed E-state index contributed by atoms with van der Waals surface area (Å²) in [5.41, 5.74) is 7.92. The monoisotopic (exact) mass is 377 g/mol. The molecule has 1 N–H and O–H groups in total. The predicted molar refractivity (Wildman–Crippen MR) is 119 cm³/mol. The number of methoxy groups -OCH3 is 1. The fourth-order valence-electron chi connectivity index (χ4n) is 3.89. The highest BCUT2D eigenvalue weighted by atomic mass is 16.5. The smallest absolute Gasteiger partial charge is 0.0805 e. The number of ether oxygens (including phenoxy) is 1. The first-order valence-electron chi connectivity index (χ1n) is 9.50. The molecular weight excluding hydrogens is 346 g/mol. The number of nitrogens with zero attached hydrogens (tertiary/aromatic N) is 1. The van der Waals surface area contributed by atoms with Crippen molar-refractivity contribution in [3.05, 3.63) is 95.6 Å². The van der Waals surface area contributed by atoms with E-state index in [1.165, 1.54) is 16.7 Å². The largest absolute Gasteiger partial charge is 0.396 e. The van der Waals surface area contributed by atoms with Crippen molar-refractivity contribution in [1.29, 1.82) is 0 Å². The average molecular weight is 378 g/mol. The molecule has 148 valence electrons. The molecule has 0 aliphatic carbocycles. The summed E-state index contributed by atoms with van der Waals surface area (Å²) in [6, 6.07) is 4.15. The molecule has 1 aliphatic heterocycles. The Labute approximate surface area is 169 Å². The second-order valence-electron chi connectivity index (χ2n) is 7.27. The lowest BCUT2D eigenvalue weighted by Crippen LogP contribution is -2.31. The summed E-state index contributed by atoms with van der Waals surface area (Å²) in [7, 11) is 1.66. The summed E-state index contributed by atoms with van der Waals surface area (Å²) in [4.78, 5) is 5.06. The van der Waals surface area contributed by atoms with E-state index < -0.39 is 0 Å². The molecule has 0 saturated heterocycles. The van der Waals surface area contributed by atoms with Crippen LogP contribution in [0.15, 0.2) is 78.4 Å².